The maximum atomic E-state index is 13.2. The normalized spacial score (nSPS) is 15.7. The largest absolute Gasteiger partial charge is 0.497 e. The number of methoxy groups -OCH3 is 3. The maximum absolute atomic E-state index is 13.2. The summed E-state index contributed by atoms with van der Waals surface area (Å²) in [5.74, 6) is 1.50. The molecule has 1 aromatic heterocycles. The predicted octanol–water partition coefficient (Wildman–Crippen LogP) is 3.55. The molecule has 10 heteroatoms. The average Bonchev–Trinajstić information content (AvgIpc) is 3.20. The summed E-state index contributed by atoms with van der Waals surface area (Å²) in [7, 11) is 0.855. The molecule has 0 N–H and O–H groups in total. The summed E-state index contributed by atoms with van der Waals surface area (Å²) in [6, 6.07) is 10.5. The average molecular weight is 465 g/mol. The van der Waals surface area contributed by atoms with Gasteiger partial charge < -0.3 is 18.9 Å². The highest BCUT2D eigenvalue weighted by Crippen LogP contribution is 2.34. The van der Waals surface area contributed by atoms with Crippen LogP contribution in [0.25, 0.3) is 10.2 Å². The fraction of sp³-hybridized carbons (Fsp3) is 0.381. The molecule has 2 aromatic carbocycles. The van der Waals surface area contributed by atoms with Crippen LogP contribution in [0.4, 0.5) is 0 Å². The highest BCUT2D eigenvalue weighted by molar-refractivity contribution is 7.89. The van der Waals surface area contributed by atoms with Crippen LogP contribution in [-0.4, -0.2) is 58.2 Å². The molecule has 1 saturated heterocycles. The lowest BCUT2D eigenvalue weighted by molar-refractivity contribution is 0.135. The molecule has 1 aliphatic heterocycles. The predicted molar refractivity (Wildman–Crippen MR) is 118 cm³/mol. The van der Waals surface area contributed by atoms with Crippen LogP contribution in [0.1, 0.15) is 12.8 Å². The standard InChI is InChI=1S/C21H24N2O6S2/c1-26-15-5-7-19-17(12-15)22-21(30-19)29-14-8-10-23(11-9-14)31(24,25)20-13-16(27-2)4-6-18(20)28-3/h4-7,12-14H,8-11H2,1-3H3. The van der Waals surface area contributed by atoms with E-state index in [-0.39, 0.29) is 11.0 Å². The first kappa shape index (κ1) is 21.7. The van der Waals surface area contributed by atoms with Crippen LogP contribution in [0.2, 0.25) is 0 Å². The van der Waals surface area contributed by atoms with Crippen LogP contribution in [0.15, 0.2) is 41.3 Å². The Labute approximate surface area is 185 Å². The van der Waals surface area contributed by atoms with Gasteiger partial charge in [0.25, 0.3) is 5.19 Å². The number of nitrogens with zero attached hydrogens (tertiary/aromatic N) is 2. The van der Waals surface area contributed by atoms with E-state index in [2.05, 4.69) is 4.98 Å². The highest BCUT2D eigenvalue weighted by atomic mass is 32.2. The van der Waals surface area contributed by atoms with Gasteiger partial charge in [-0.2, -0.15) is 4.31 Å². The summed E-state index contributed by atoms with van der Waals surface area (Å²) in [6.07, 6.45) is 1.05. The van der Waals surface area contributed by atoms with E-state index in [1.165, 1.54) is 35.9 Å². The van der Waals surface area contributed by atoms with E-state index in [1.54, 1.807) is 19.2 Å². The molecule has 31 heavy (non-hydrogen) atoms. The Morgan fingerprint density at radius 3 is 2.32 bits per heavy atom. The lowest BCUT2D eigenvalue weighted by Gasteiger charge is -2.31. The van der Waals surface area contributed by atoms with Crippen LogP contribution < -0.4 is 18.9 Å². The number of ether oxygens (including phenoxy) is 4. The van der Waals surface area contributed by atoms with E-state index in [4.69, 9.17) is 18.9 Å². The second-order valence-corrected chi connectivity index (χ2v) is 9.95. The van der Waals surface area contributed by atoms with E-state index >= 15 is 0 Å². The molecule has 1 fully saturated rings. The zero-order chi connectivity index (χ0) is 22.0. The molecule has 0 saturated carbocycles. The molecular formula is C21H24N2O6S2. The molecule has 4 rings (SSSR count). The number of aromatic nitrogens is 1. The third-order valence-electron chi connectivity index (χ3n) is 5.23. The summed E-state index contributed by atoms with van der Waals surface area (Å²) in [4.78, 5) is 4.63. The third-order valence-corrected chi connectivity index (χ3v) is 8.08. The fourth-order valence-corrected chi connectivity index (χ4v) is 6.02. The summed E-state index contributed by atoms with van der Waals surface area (Å²) in [6.45, 7) is 0.707. The molecule has 166 valence electrons. The van der Waals surface area contributed by atoms with E-state index in [0.29, 0.717) is 42.6 Å². The number of hydrogen-bond donors (Lipinski definition) is 0. The van der Waals surface area contributed by atoms with Crippen molar-refractivity contribution in [1.82, 2.24) is 9.29 Å². The lowest BCUT2D eigenvalue weighted by atomic mass is 10.1. The number of sulfonamides is 1. The minimum absolute atomic E-state index is 0.0962. The van der Waals surface area contributed by atoms with E-state index in [9.17, 15) is 8.42 Å². The Bertz CT molecular complexity index is 1170. The first-order valence-corrected chi connectivity index (χ1v) is 12.0. The van der Waals surface area contributed by atoms with Crippen molar-refractivity contribution in [3.8, 4) is 22.4 Å². The molecule has 0 spiro atoms. The Morgan fingerprint density at radius 2 is 1.65 bits per heavy atom. The smallest absolute Gasteiger partial charge is 0.274 e. The topological polar surface area (TPSA) is 87.2 Å². The van der Waals surface area contributed by atoms with Gasteiger partial charge in [0, 0.05) is 25.2 Å². The van der Waals surface area contributed by atoms with Crippen molar-refractivity contribution < 1.29 is 27.4 Å². The minimum atomic E-state index is -3.72. The van der Waals surface area contributed by atoms with Crippen molar-refractivity contribution in [2.24, 2.45) is 0 Å². The van der Waals surface area contributed by atoms with Gasteiger partial charge in [-0.05, 0) is 37.1 Å². The maximum Gasteiger partial charge on any atom is 0.274 e. The Hall–Kier alpha value is -2.56. The lowest BCUT2D eigenvalue weighted by Crippen LogP contribution is -2.41. The van der Waals surface area contributed by atoms with Gasteiger partial charge in [0.05, 0.1) is 31.5 Å². The van der Waals surface area contributed by atoms with Gasteiger partial charge >= 0.3 is 0 Å². The van der Waals surface area contributed by atoms with E-state index < -0.39 is 10.0 Å². The van der Waals surface area contributed by atoms with Crippen LogP contribution in [0.3, 0.4) is 0 Å². The molecule has 8 nitrogen and oxygen atoms in total. The zero-order valence-corrected chi connectivity index (χ0v) is 19.2. The van der Waals surface area contributed by atoms with Crippen LogP contribution >= 0.6 is 11.3 Å². The van der Waals surface area contributed by atoms with E-state index in [1.807, 2.05) is 18.2 Å². The molecule has 0 bridgehead atoms. The van der Waals surface area contributed by atoms with Crippen molar-refractivity contribution >= 4 is 31.6 Å². The molecule has 3 aromatic rings. The van der Waals surface area contributed by atoms with Crippen molar-refractivity contribution in [3.05, 3.63) is 36.4 Å². The van der Waals surface area contributed by atoms with Crippen LogP contribution in [-0.2, 0) is 10.0 Å². The third kappa shape index (κ3) is 4.41. The van der Waals surface area contributed by atoms with Gasteiger partial charge in [-0.1, -0.05) is 11.3 Å². The summed E-state index contributed by atoms with van der Waals surface area (Å²) in [5, 5.41) is 0.582. The van der Waals surface area contributed by atoms with Gasteiger partial charge in [0.1, 0.15) is 28.2 Å². The molecule has 0 unspecified atom stereocenters. The SMILES string of the molecule is COc1ccc(OC)c(S(=O)(=O)N2CCC(Oc3nc4cc(OC)ccc4s3)CC2)c1. The fourth-order valence-electron chi connectivity index (χ4n) is 3.52. The molecule has 2 heterocycles. The summed E-state index contributed by atoms with van der Waals surface area (Å²) in [5.41, 5.74) is 0.824. The van der Waals surface area contributed by atoms with Crippen molar-refractivity contribution in [2.45, 2.75) is 23.8 Å². The van der Waals surface area contributed by atoms with Gasteiger partial charge in [-0.15, -0.1) is 0 Å². The Balaban J connectivity index is 1.45. The first-order valence-electron chi connectivity index (χ1n) is 9.78. The number of thiazole rings is 1. The second-order valence-electron chi connectivity index (χ2n) is 7.05. The number of fused-ring (bicyclic) bond motifs is 1. The molecule has 0 aliphatic carbocycles. The monoisotopic (exact) mass is 464 g/mol. The molecular weight excluding hydrogens is 440 g/mol. The van der Waals surface area contributed by atoms with Crippen molar-refractivity contribution in [1.29, 1.82) is 0 Å². The minimum Gasteiger partial charge on any atom is -0.497 e. The quantitative estimate of drug-likeness (QED) is 0.528. The van der Waals surface area contributed by atoms with Crippen molar-refractivity contribution in [2.75, 3.05) is 34.4 Å². The first-order chi connectivity index (χ1) is 14.9. The molecule has 1 aliphatic rings. The Kier molecular flexibility index (Phi) is 6.22. The summed E-state index contributed by atoms with van der Waals surface area (Å²) < 4.78 is 50.6. The second kappa shape index (κ2) is 8.89. The molecule has 0 radical (unpaired) electrons. The van der Waals surface area contributed by atoms with Crippen LogP contribution in [0.5, 0.6) is 22.4 Å². The summed E-state index contributed by atoms with van der Waals surface area (Å²) >= 11 is 1.47. The number of benzene rings is 2. The van der Waals surface area contributed by atoms with Gasteiger partial charge in [-0.25, -0.2) is 13.4 Å². The number of piperidine rings is 1. The molecule has 0 atom stereocenters. The van der Waals surface area contributed by atoms with Crippen LogP contribution in [0, 0.1) is 0 Å². The zero-order valence-electron chi connectivity index (χ0n) is 17.5. The number of hydrogen-bond acceptors (Lipinski definition) is 8. The van der Waals surface area contributed by atoms with E-state index in [0.717, 1.165) is 16.0 Å². The molecule has 0 amide bonds. The van der Waals surface area contributed by atoms with Gasteiger partial charge in [0.2, 0.25) is 10.0 Å². The highest BCUT2D eigenvalue weighted by Gasteiger charge is 2.33. The number of rotatable bonds is 7. The van der Waals surface area contributed by atoms with Crippen molar-refractivity contribution in [3.63, 3.8) is 0 Å². The van der Waals surface area contributed by atoms with Gasteiger partial charge in [0.15, 0.2) is 0 Å². The van der Waals surface area contributed by atoms with Gasteiger partial charge in [-0.3, -0.25) is 0 Å². The Morgan fingerprint density at radius 1 is 0.968 bits per heavy atom.